The lowest BCUT2D eigenvalue weighted by Gasteiger charge is -2.09. The van der Waals surface area contributed by atoms with Crippen LogP contribution in [0.1, 0.15) is 65.7 Å². The van der Waals surface area contributed by atoms with Crippen LogP contribution in [-0.4, -0.2) is 0 Å². The zero-order chi connectivity index (χ0) is 8.53. The molecule has 0 N–H and O–H groups in total. The van der Waals surface area contributed by atoms with E-state index in [4.69, 9.17) is 0 Å². The first kappa shape index (κ1) is 11.0. The van der Waals surface area contributed by atoms with Crippen molar-refractivity contribution in [1.82, 2.24) is 0 Å². The Kier molecular flexibility index (Phi) is 8.10. The molecular formula is C11H24. The molecule has 0 radical (unpaired) electrons. The second-order valence-electron chi connectivity index (χ2n) is 3.74. The first-order valence-corrected chi connectivity index (χ1v) is 5.31. The van der Waals surface area contributed by atoms with E-state index in [1.54, 1.807) is 0 Å². The average Bonchev–Trinajstić information content (AvgIpc) is 2.01. The van der Waals surface area contributed by atoms with Crippen LogP contribution >= 0.6 is 0 Å². The summed E-state index contributed by atoms with van der Waals surface area (Å²) in [5.74, 6) is 0.974. The van der Waals surface area contributed by atoms with Crippen molar-refractivity contribution in [3.63, 3.8) is 0 Å². The summed E-state index contributed by atoms with van der Waals surface area (Å²) in [5.41, 5.74) is 0. The number of hydrogen-bond donors (Lipinski definition) is 0. The van der Waals surface area contributed by atoms with Crippen molar-refractivity contribution >= 4 is 0 Å². The van der Waals surface area contributed by atoms with Gasteiger partial charge in [0.2, 0.25) is 0 Å². The third kappa shape index (κ3) is 7.90. The van der Waals surface area contributed by atoms with Gasteiger partial charge in [0, 0.05) is 0 Å². The summed E-state index contributed by atoms with van der Waals surface area (Å²) in [4.78, 5) is 0. The molecule has 0 aliphatic heterocycles. The molecule has 0 amide bonds. The van der Waals surface area contributed by atoms with Crippen molar-refractivity contribution in [2.45, 2.75) is 65.7 Å². The summed E-state index contributed by atoms with van der Waals surface area (Å²) >= 11 is 0. The van der Waals surface area contributed by atoms with Crippen molar-refractivity contribution in [3.8, 4) is 0 Å². The predicted molar refractivity (Wildman–Crippen MR) is 52.8 cm³/mol. The fraction of sp³-hybridized carbons (Fsp3) is 1.00. The SMILES string of the molecule is CCCCC[C@H](C)CCCC. The second kappa shape index (κ2) is 8.10. The zero-order valence-electron chi connectivity index (χ0n) is 8.53. The van der Waals surface area contributed by atoms with Crippen LogP contribution in [0.2, 0.25) is 0 Å². The minimum atomic E-state index is 0.974. The molecule has 0 unspecified atom stereocenters. The molecule has 11 heavy (non-hydrogen) atoms. The Morgan fingerprint density at radius 3 is 1.91 bits per heavy atom. The lowest BCUT2D eigenvalue weighted by atomic mass is 9.98. The van der Waals surface area contributed by atoms with Gasteiger partial charge < -0.3 is 0 Å². The maximum Gasteiger partial charge on any atom is -0.0443 e. The molecular weight excluding hydrogens is 132 g/mol. The number of hydrogen-bond acceptors (Lipinski definition) is 0. The summed E-state index contributed by atoms with van der Waals surface area (Å²) in [6.07, 6.45) is 9.91. The van der Waals surface area contributed by atoms with Crippen LogP contribution in [0.15, 0.2) is 0 Å². The van der Waals surface area contributed by atoms with Gasteiger partial charge in [0.25, 0.3) is 0 Å². The molecule has 0 heteroatoms. The van der Waals surface area contributed by atoms with Gasteiger partial charge in [-0.15, -0.1) is 0 Å². The molecule has 0 fully saturated rings. The van der Waals surface area contributed by atoms with Gasteiger partial charge in [-0.1, -0.05) is 65.7 Å². The highest BCUT2D eigenvalue weighted by molar-refractivity contribution is 4.53. The van der Waals surface area contributed by atoms with E-state index in [1.807, 2.05) is 0 Å². The van der Waals surface area contributed by atoms with E-state index in [2.05, 4.69) is 20.8 Å². The number of rotatable bonds is 7. The molecule has 0 rings (SSSR count). The van der Waals surface area contributed by atoms with Gasteiger partial charge in [-0.2, -0.15) is 0 Å². The predicted octanol–water partition coefficient (Wildman–Crippen LogP) is 4.39. The molecule has 0 heterocycles. The second-order valence-corrected chi connectivity index (χ2v) is 3.74. The average molecular weight is 156 g/mol. The Morgan fingerprint density at radius 2 is 1.36 bits per heavy atom. The van der Waals surface area contributed by atoms with Crippen molar-refractivity contribution in [2.24, 2.45) is 5.92 Å². The lowest BCUT2D eigenvalue weighted by molar-refractivity contribution is 0.448. The van der Waals surface area contributed by atoms with Gasteiger partial charge in [-0.25, -0.2) is 0 Å². The fourth-order valence-electron chi connectivity index (χ4n) is 1.44. The van der Waals surface area contributed by atoms with Crippen LogP contribution in [0.3, 0.4) is 0 Å². The van der Waals surface area contributed by atoms with Crippen LogP contribution in [0.25, 0.3) is 0 Å². The summed E-state index contributed by atoms with van der Waals surface area (Å²) in [5, 5.41) is 0. The summed E-state index contributed by atoms with van der Waals surface area (Å²) in [6, 6.07) is 0. The zero-order valence-corrected chi connectivity index (χ0v) is 8.53. The van der Waals surface area contributed by atoms with Crippen molar-refractivity contribution in [2.75, 3.05) is 0 Å². The molecule has 0 saturated carbocycles. The summed E-state index contributed by atoms with van der Waals surface area (Å²) < 4.78 is 0. The highest BCUT2D eigenvalue weighted by atomic mass is 14.1. The van der Waals surface area contributed by atoms with Gasteiger partial charge in [0.1, 0.15) is 0 Å². The van der Waals surface area contributed by atoms with Crippen LogP contribution in [-0.2, 0) is 0 Å². The smallest absolute Gasteiger partial charge is 0.0443 e. The monoisotopic (exact) mass is 156 g/mol. The van der Waals surface area contributed by atoms with Crippen LogP contribution in [0.5, 0.6) is 0 Å². The van der Waals surface area contributed by atoms with Gasteiger partial charge in [-0.3, -0.25) is 0 Å². The Balaban J connectivity index is 3.02. The molecule has 0 aliphatic carbocycles. The van der Waals surface area contributed by atoms with Crippen molar-refractivity contribution in [1.29, 1.82) is 0 Å². The van der Waals surface area contributed by atoms with Crippen LogP contribution in [0.4, 0.5) is 0 Å². The highest BCUT2D eigenvalue weighted by Gasteiger charge is 1.99. The summed E-state index contributed by atoms with van der Waals surface area (Å²) in [6.45, 7) is 6.95. The van der Waals surface area contributed by atoms with Crippen molar-refractivity contribution < 1.29 is 0 Å². The van der Waals surface area contributed by atoms with Gasteiger partial charge in [-0.05, 0) is 5.92 Å². The quantitative estimate of drug-likeness (QED) is 0.479. The summed E-state index contributed by atoms with van der Waals surface area (Å²) in [7, 11) is 0. The molecule has 0 aromatic rings. The van der Waals surface area contributed by atoms with Crippen LogP contribution in [0, 0.1) is 5.92 Å². The van der Waals surface area contributed by atoms with Gasteiger partial charge in [0.05, 0.1) is 0 Å². The molecule has 1 atom stereocenters. The van der Waals surface area contributed by atoms with E-state index in [0.29, 0.717) is 0 Å². The number of unbranched alkanes of at least 4 members (excludes halogenated alkanes) is 3. The molecule has 0 aliphatic rings. The van der Waals surface area contributed by atoms with E-state index < -0.39 is 0 Å². The van der Waals surface area contributed by atoms with Gasteiger partial charge in [0.15, 0.2) is 0 Å². The molecule has 0 aromatic heterocycles. The maximum atomic E-state index is 2.39. The third-order valence-corrected chi connectivity index (χ3v) is 2.35. The lowest BCUT2D eigenvalue weighted by Crippen LogP contribution is -1.93. The van der Waals surface area contributed by atoms with E-state index in [0.717, 1.165) is 5.92 Å². The largest absolute Gasteiger partial charge is 0.0654 e. The van der Waals surface area contributed by atoms with Crippen LogP contribution < -0.4 is 0 Å². The molecule has 0 spiro atoms. The maximum absolute atomic E-state index is 2.39. The van der Waals surface area contributed by atoms with Crippen molar-refractivity contribution in [3.05, 3.63) is 0 Å². The Morgan fingerprint density at radius 1 is 0.818 bits per heavy atom. The fourth-order valence-corrected chi connectivity index (χ4v) is 1.44. The van der Waals surface area contributed by atoms with E-state index in [9.17, 15) is 0 Å². The molecule has 0 nitrogen and oxygen atoms in total. The standard InChI is InChI=1S/C11H24/c1-4-6-8-10-11(3)9-7-5-2/h11H,4-10H2,1-3H3/t11-/m1/s1. The Labute approximate surface area is 72.4 Å². The minimum Gasteiger partial charge on any atom is -0.0654 e. The molecule has 0 saturated heterocycles. The minimum absolute atomic E-state index is 0.974. The molecule has 0 aromatic carbocycles. The topological polar surface area (TPSA) is 0 Å². The van der Waals surface area contributed by atoms with Gasteiger partial charge >= 0.3 is 0 Å². The Bertz CT molecular complexity index is 66.4. The van der Waals surface area contributed by atoms with E-state index in [1.165, 1.54) is 44.9 Å². The molecule has 68 valence electrons. The normalized spacial score (nSPS) is 13.4. The first-order chi connectivity index (χ1) is 5.31. The first-order valence-electron chi connectivity index (χ1n) is 5.31. The molecule has 0 bridgehead atoms. The highest BCUT2D eigenvalue weighted by Crippen LogP contribution is 2.15. The van der Waals surface area contributed by atoms with E-state index in [-0.39, 0.29) is 0 Å². The van der Waals surface area contributed by atoms with E-state index >= 15 is 0 Å². The third-order valence-electron chi connectivity index (χ3n) is 2.35. The Hall–Kier alpha value is 0.